The van der Waals surface area contributed by atoms with Crippen LogP contribution in [0.4, 0.5) is 0 Å². The van der Waals surface area contributed by atoms with Crippen LogP contribution in [0.1, 0.15) is 0 Å². The number of nitrogens with zero attached hydrogens (tertiary/aromatic N) is 3. The predicted molar refractivity (Wildman–Crippen MR) is 108 cm³/mol. The van der Waals surface area contributed by atoms with E-state index in [-0.39, 0.29) is 0 Å². The van der Waals surface area contributed by atoms with Gasteiger partial charge in [0.05, 0.1) is 22.8 Å². The van der Waals surface area contributed by atoms with Crippen molar-refractivity contribution in [3.8, 4) is 33.9 Å². The monoisotopic (exact) mass is 355 g/mol. The average molecular weight is 355 g/mol. The zero-order valence-electron chi connectivity index (χ0n) is 14.3. The molecule has 0 aliphatic rings. The molecule has 0 radical (unpaired) electrons. The summed E-state index contributed by atoms with van der Waals surface area (Å²) in [6, 6.07) is 24.5. The van der Waals surface area contributed by atoms with Crippen molar-refractivity contribution in [3.05, 3.63) is 85.2 Å². The van der Waals surface area contributed by atoms with Crippen LogP contribution in [0.3, 0.4) is 0 Å². The summed E-state index contributed by atoms with van der Waals surface area (Å²) in [7, 11) is 0. The lowest BCUT2D eigenvalue weighted by atomic mass is 10.0. The van der Waals surface area contributed by atoms with Crippen LogP contribution < -0.4 is 0 Å². The van der Waals surface area contributed by atoms with Gasteiger partial charge in [-0.25, -0.2) is 4.98 Å². The van der Waals surface area contributed by atoms with E-state index in [1.807, 2.05) is 36.4 Å². The fourth-order valence-corrected chi connectivity index (χ4v) is 3.18. The van der Waals surface area contributed by atoms with E-state index in [0.29, 0.717) is 0 Å². The van der Waals surface area contributed by atoms with Crippen molar-refractivity contribution in [2.45, 2.75) is 4.90 Å². The Kier molecular flexibility index (Phi) is 4.75. The summed E-state index contributed by atoms with van der Waals surface area (Å²) in [6.07, 6.45) is 5.66. The highest BCUT2D eigenvalue weighted by atomic mass is 32.2. The summed E-state index contributed by atoms with van der Waals surface area (Å²) in [5.74, 6) is 0. The number of rotatable bonds is 4. The molecule has 0 bridgehead atoms. The number of pyridine rings is 3. The van der Waals surface area contributed by atoms with Crippen molar-refractivity contribution in [1.82, 2.24) is 15.0 Å². The molecule has 0 spiro atoms. The van der Waals surface area contributed by atoms with E-state index in [1.54, 1.807) is 24.2 Å². The average Bonchev–Trinajstić information content (AvgIpc) is 2.75. The quantitative estimate of drug-likeness (QED) is 0.447. The van der Waals surface area contributed by atoms with Crippen LogP contribution in [0, 0.1) is 0 Å². The molecule has 3 aromatic heterocycles. The fourth-order valence-electron chi connectivity index (χ4n) is 2.77. The summed E-state index contributed by atoms with van der Waals surface area (Å²) in [5, 5.41) is 0. The summed E-state index contributed by atoms with van der Waals surface area (Å²) < 4.78 is 0. The zero-order chi connectivity index (χ0) is 17.8. The molecular formula is C22H17N3S. The Morgan fingerprint density at radius 2 is 1.19 bits per heavy atom. The van der Waals surface area contributed by atoms with Crippen LogP contribution in [-0.4, -0.2) is 21.2 Å². The van der Waals surface area contributed by atoms with E-state index in [2.05, 4.69) is 52.6 Å². The maximum absolute atomic E-state index is 4.80. The first-order valence-corrected chi connectivity index (χ1v) is 9.55. The SMILES string of the molecule is CSc1ccc(-c2cc(-c3ccccn3)nc(-c3ccccn3)c2)cc1. The van der Waals surface area contributed by atoms with Gasteiger partial charge in [-0.05, 0) is 65.9 Å². The van der Waals surface area contributed by atoms with Crippen LogP contribution >= 0.6 is 11.8 Å². The van der Waals surface area contributed by atoms with Crippen LogP contribution in [0.2, 0.25) is 0 Å². The Balaban J connectivity index is 1.87. The second-order valence-corrected chi connectivity index (χ2v) is 6.66. The van der Waals surface area contributed by atoms with E-state index in [4.69, 9.17) is 4.98 Å². The molecule has 0 unspecified atom stereocenters. The molecule has 0 saturated carbocycles. The van der Waals surface area contributed by atoms with Crippen molar-refractivity contribution < 1.29 is 0 Å². The van der Waals surface area contributed by atoms with Crippen molar-refractivity contribution in [2.24, 2.45) is 0 Å². The second kappa shape index (κ2) is 7.50. The molecule has 0 aliphatic heterocycles. The molecule has 0 aliphatic carbocycles. The summed E-state index contributed by atoms with van der Waals surface area (Å²) >= 11 is 1.74. The van der Waals surface area contributed by atoms with Gasteiger partial charge in [0.1, 0.15) is 0 Å². The van der Waals surface area contributed by atoms with Gasteiger partial charge in [0.25, 0.3) is 0 Å². The third-order valence-electron chi connectivity index (χ3n) is 4.10. The third kappa shape index (κ3) is 3.51. The van der Waals surface area contributed by atoms with Crippen molar-refractivity contribution in [1.29, 1.82) is 0 Å². The molecule has 3 nitrogen and oxygen atoms in total. The van der Waals surface area contributed by atoms with Gasteiger partial charge >= 0.3 is 0 Å². The molecule has 1 aromatic carbocycles. The predicted octanol–water partition coefficient (Wildman–Crippen LogP) is 5.59. The molecule has 26 heavy (non-hydrogen) atoms. The molecule has 0 fully saturated rings. The highest BCUT2D eigenvalue weighted by Gasteiger charge is 2.10. The molecule has 0 amide bonds. The lowest BCUT2D eigenvalue weighted by Crippen LogP contribution is -1.93. The molecule has 4 rings (SSSR count). The highest BCUT2D eigenvalue weighted by Crippen LogP contribution is 2.29. The fraction of sp³-hybridized carbons (Fsp3) is 0.0455. The number of thioether (sulfide) groups is 1. The Labute approximate surface area is 157 Å². The van der Waals surface area contributed by atoms with Gasteiger partial charge in [-0.3, -0.25) is 9.97 Å². The van der Waals surface area contributed by atoms with E-state index in [1.165, 1.54) is 4.90 Å². The molecule has 126 valence electrons. The van der Waals surface area contributed by atoms with E-state index < -0.39 is 0 Å². The van der Waals surface area contributed by atoms with Gasteiger partial charge < -0.3 is 0 Å². The van der Waals surface area contributed by atoms with Crippen molar-refractivity contribution in [3.63, 3.8) is 0 Å². The van der Waals surface area contributed by atoms with Crippen LogP contribution in [0.25, 0.3) is 33.9 Å². The maximum atomic E-state index is 4.80. The Morgan fingerprint density at radius 3 is 1.65 bits per heavy atom. The Hall–Kier alpha value is -2.98. The minimum Gasteiger partial charge on any atom is -0.255 e. The van der Waals surface area contributed by atoms with Crippen molar-refractivity contribution in [2.75, 3.05) is 6.26 Å². The molecule has 0 atom stereocenters. The number of benzene rings is 1. The molecule has 4 heteroatoms. The summed E-state index contributed by atoms with van der Waals surface area (Å²) in [4.78, 5) is 15.0. The van der Waals surface area contributed by atoms with Gasteiger partial charge in [0.15, 0.2) is 0 Å². The number of aromatic nitrogens is 3. The molecular weight excluding hydrogens is 338 g/mol. The van der Waals surface area contributed by atoms with E-state index in [9.17, 15) is 0 Å². The van der Waals surface area contributed by atoms with Gasteiger partial charge in [-0.15, -0.1) is 11.8 Å². The molecule has 0 saturated heterocycles. The first-order valence-electron chi connectivity index (χ1n) is 8.33. The first kappa shape index (κ1) is 16.5. The van der Waals surface area contributed by atoms with Gasteiger partial charge in [-0.1, -0.05) is 24.3 Å². The Morgan fingerprint density at radius 1 is 0.615 bits per heavy atom. The van der Waals surface area contributed by atoms with Gasteiger partial charge in [0, 0.05) is 17.3 Å². The largest absolute Gasteiger partial charge is 0.255 e. The number of hydrogen-bond donors (Lipinski definition) is 0. The minimum atomic E-state index is 0.845. The lowest BCUT2D eigenvalue weighted by molar-refractivity contribution is 1.22. The standard InChI is InChI=1S/C22H17N3S/c1-26-18-10-8-16(9-11-18)17-14-21(19-6-2-4-12-23-19)25-22(15-17)20-7-3-5-13-24-20/h2-15H,1H3. The molecule has 4 aromatic rings. The lowest BCUT2D eigenvalue weighted by Gasteiger charge is -2.09. The Bertz CT molecular complexity index is 943. The van der Waals surface area contributed by atoms with Crippen LogP contribution in [0.15, 0.2) is 90.1 Å². The van der Waals surface area contributed by atoms with Gasteiger partial charge in [-0.2, -0.15) is 0 Å². The summed E-state index contributed by atoms with van der Waals surface area (Å²) in [6.45, 7) is 0. The van der Waals surface area contributed by atoms with E-state index in [0.717, 1.165) is 33.9 Å². The smallest absolute Gasteiger partial charge is 0.0900 e. The second-order valence-electron chi connectivity index (χ2n) is 5.78. The third-order valence-corrected chi connectivity index (χ3v) is 4.85. The minimum absolute atomic E-state index is 0.845. The van der Waals surface area contributed by atoms with E-state index >= 15 is 0 Å². The first-order chi connectivity index (χ1) is 12.8. The normalized spacial score (nSPS) is 10.7. The maximum Gasteiger partial charge on any atom is 0.0900 e. The molecule has 3 heterocycles. The number of hydrogen-bond acceptors (Lipinski definition) is 4. The van der Waals surface area contributed by atoms with Crippen molar-refractivity contribution >= 4 is 11.8 Å². The molecule has 0 N–H and O–H groups in total. The van der Waals surface area contributed by atoms with Crippen LogP contribution in [0.5, 0.6) is 0 Å². The highest BCUT2D eigenvalue weighted by molar-refractivity contribution is 7.98. The topological polar surface area (TPSA) is 38.7 Å². The van der Waals surface area contributed by atoms with Crippen LogP contribution in [-0.2, 0) is 0 Å². The van der Waals surface area contributed by atoms with Gasteiger partial charge in [0.2, 0.25) is 0 Å². The zero-order valence-corrected chi connectivity index (χ0v) is 15.1. The summed E-state index contributed by atoms with van der Waals surface area (Å²) in [5.41, 5.74) is 5.66.